The van der Waals surface area contributed by atoms with E-state index < -0.39 is 0 Å². The maximum absolute atomic E-state index is 5.71. The average molecular weight is 302 g/mol. The Kier molecular flexibility index (Phi) is 4.68. The zero-order valence-electron chi connectivity index (χ0n) is 12.7. The van der Waals surface area contributed by atoms with Crippen LogP contribution in [-0.4, -0.2) is 35.7 Å². The third-order valence-electron chi connectivity index (χ3n) is 4.22. The van der Waals surface area contributed by atoms with E-state index >= 15 is 0 Å². The third kappa shape index (κ3) is 3.51. The number of nitrogens with zero attached hydrogens (tertiary/aromatic N) is 2. The van der Waals surface area contributed by atoms with E-state index in [1.54, 1.807) is 11.3 Å². The van der Waals surface area contributed by atoms with Crippen molar-refractivity contribution in [3.63, 3.8) is 0 Å². The van der Waals surface area contributed by atoms with Crippen LogP contribution in [0.15, 0.2) is 35.7 Å². The monoisotopic (exact) mass is 302 g/mol. The van der Waals surface area contributed by atoms with Crippen molar-refractivity contribution in [1.29, 1.82) is 0 Å². The molecule has 3 rings (SSSR count). The molecular formula is C17H22N2OS. The van der Waals surface area contributed by atoms with Gasteiger partial charge in [-0.2, -0.15) is 0 Å². The topological polar surface area (TPSA) is 25.4 Å². The molecule has 0 amide bonds. The van der Waals surface area contributed by atoms with Gasteiger partial charge in [-0.15, -0.1) is 11.3 Å². The number of hydrogen-bond donors (Lipinski definition) is 0. The van der Waals surface area contributed by atoms with Crippen molar-refractivity contribution in [3.05, 3.63) is 52.0 Å². The van der Waals surface area contributed by atoms with Gasteiger partial charge in [0.2, 0.25) is 0 Å². The Bertz CT molecular complexity index is 569. The van der Waals surface area contributed by atoms with E-state index in [1.165, 1.54) is 11.3 Å². The number of rotatable bonds is 5. The van der Waals surface area contributed by atoms with Crippen molar-refractivity contribution in [2.24, 2.45) is 0 Å². The van der Waals surface area contributed by atoms with Gasteiger partial charge in [0, 0.05) is 31.6 Å². The van der Waals surface area contributed by atoms with Crippen molar-refractivity contribution in [3.8, 4) is 0 Å². The molecule has 0 unspecified atom stereocenters. The molecule has 21 heavy (non-hydrogen) atoms. The lowest BCUT2D eigenvalue weighted by Crippen LogP contribution is -2.37. The van der Waals surface area contributed by atoms with Crippen molar-refractivity contribution in [2.75, 3.05) is 13.7 Å². The number of aryl methyl sites for hydroxylation is 1. The lowest BCUT2D eigenvalue weighted by molar-refractivity contribution is 0.0636. The van der Waals surface area contributed by atoms with Crippen molar-refractivity contribution < 1.29 is 4.74 Å². The Labute approximate surface area is 130 Å². The standard InChI is InChI=1S/C17H22N2OS/c1-13-18-15(12-21-13)11-19-9-8-17(20-2)16(19)10-14-6-4-3-5-7-14/h3-7,12,16-17H,8-11H2,1-2H3/t16-,17+/m0/s1. The van der Waals surface area contributed by atoms with Gasteiger partial charge in [0.15, 0.2) is 0 Å². The molecule has 0 N–H and O–H groups in total. The minimum absolute atomic E-state index is 0.324. The van der Waals surface area contributed by atoms with Gasteiger partial charge >= 0.3 is 0 Å². The molecule has 0 radical (unpaired) electrons. The van der Waals surface area contributed by atoms with Gasteiger partial charge in [-0.05, 0) is 25.3 Å². The van der Waals surface area contributed by atoms with E-state index in [1.807, 2.05) is 7.11 Å². The molecule has 2 heterocycles. The molecule has 1 aromatic heterocycles. The normalized spacial score (nSPS) is 22.8. The first kappa shape index (κ1) is 14.7. The molecule has 0 spiro atoms. The summed E-state index contributed by atoms with van der Waals surface area (Å²) < 4.78 is 5.71. The summed E-state index contributed by atoms with van der Waals surface area (Å²) in [4.78, 5) is 7.13. The number of methoxy groups -OCH3 is 1. The van der Waals surface area contributed by atoms with Crippen molar-refractivity contribution >= 4 is 11.3 Å². The molecule has 0 saturated carbocycles. The first-order chi connectivity index (χ1) is 10.3. The first-order valence-electron chi connectivity index (χ1n) is 7.48. The zero-order valence-corrected chi connectivity index (χ0v) is 13.5. The summed E-state index contributed by atoms with van der Waals surface area (Å²) in [6, 6.07) is 11.1. The van der Waals surface area contributed by atoms with E-state index in [-0.39, 0.29) is 0 Å². The SMILES string of the molecule is CO[C@@H]1CCN(Cc2csc(C)n2)[C@H]1Cc1ccccc1. The number of thiazole rings is 1. The number of hydrogen-bond acceptors (Lipinski definition) is 4. The van der Waals surface area contributed by atoms with Crippen LogP contribution in [-0.2, 0) is 17.7 Å². The largest absolute Gasteiger partial charge is 0.380 e. The number of ether oxygens (including phenoxy) is 1. The number of likely N-dealkylation sites (tertiary alicyclic amines) is 1. The van der Waals surface area contributed by atoms with Gasteiger partial charge in [-0.25, -0.2) is 4.98 Å². The average Bonchev–Trinajstić information content (AvgIpc) is 3.08. The fourth-order valence-corrected chi connectivity index (χ4v) is 3.77. The summed E-state index contributed by atoms with van der Waals surface area (Å²) in [5.74, 6) is 0. The van der Waals surface area contributed by atoms with E-state index in [9.17, 15) is 0 Å². The molecule has 112 valence electrons. The van der Waals surface area contributed by atoms with Crippen molar-refractivity contribution in [2.45, 2.75) is 38.5 Å². The first-order valence-corrected chi connectivity index (χ1v) is 8.36. The van der Waals surface area contributed by atoms with E-state index in [0.29, 0.717) is 12.1 Å². The summed E-state index contributed by atoms with van der Waals surface area (Å²) >= 11 is 1.73. The number of aromatic nitrogens is 1. The van der Waals surface area contributed by atoms with Crippen LogP contribution in [0.5, 0.6) is 0 Å². The minimum atomic E-state index is 0.324. The van der Waals surface area contributed by atoms with Gasteiger partial charge in [0.25, 0.3) is 0 Å². The van der Waals surface area contributed by atoms with Crippen LogP contribution in [0.25, 0.3) is 0 Å². The Morgan fingerprint density at radius 3 is 2.81 bits per heavy atom. The summed E-state index contributed by atoms with van der Waals surface area (Å²) in [6.07, 6.45) is 2.48. The van der Waals surface area contributed by atoms with Gasteiger partial charge in [-0.3, -0.25) is 4.90 Å². The second-order valence-corrected chi connectivity index (χ2v) is 6.71. The van der Waals surface area contributed by atoms with Crippen LogP contribution in [0.4, 0.5) is 0 Å². The van der Waals surface area contributed by atoms with Crippen LogP contribution in [0.2, 0.25) is 0 Å². The summed E-state index contributed by atoms with van der Waals surface area (Å²) in [5, 5.41) is 3.32. The fourth-order valence-electron chi connectivity index (χ4n) is 3.16. The molecule has 1 saturated heterocycles. The summed E-state index contributed by atoms with van der Waals surface area (Å²) in [6.45, 7) is 4.09. The smallest absolute Gasteiger partial charge is 0.0897 e. The lowest BCUT2D eigenvalue weighted by Gasteiger charge is -2.27. The second-order valence-electron chi connectivity index (χ2n) is 5.65. The van der Waals surface area contributed by atoms with Gasteiger partial charge < -0.3 is 4.74 Å². The zero-order chi connectivity index (χ0) is 14.7. The molecule has 0 aliphatic carbocycles. The molecule has 1 aliphatic rings. The van der Waals surface area contributed by atoms with Gasteiger partial charge in [0.05, 0.1) is 16.8 Å². The highest BCUT2D eigenvalue weighted by molar-refractivity contribution is 7.09. The predicted octanol–water partition coefficient (Wildman–Crippen LogP) is 3.28. The molecule has 1 fully saturated rings. The fraction of sp³-hybridized carbons (Fsp3) is 0.471. The highest BCUT2D eigenvalue weighted by Gasteiger charge is 2.34. The van der Waals surface area contributed by atoms with E-state index in [0.717, 1.165) is 30.9 Å². The Balaban J connectivity index is 1.72. The van der Waals surface area contributed by atoms with E-state index in [4.69, 9.17) is 4.74 Å². The van der Waals surface area contributed by atoms with Gasteiger partial charge in [-0.1, -0.05) is 30.3 Å². The van der Waals surface area contributed by atoms with Crippen LogP contribution in [0.3, 0.4) is 0 Å². The Morgan fingerprint density at radius 2 is 2.14 bits per heavy atom. The molecule has 4 heteroatoms. The van der Waals surface area contributed by atoms with Crippen LogP contribution in [0.1, 0.15) is 22.7 Å². The molecule has 1 aliphatic heterocycles. The van der Waals surface area contributed by atoms with E-state index in [2.05, 4.69) is 52.5 Å². The Hall–Kier alpha value is -1.23. The highest BCUT2D eigenvalue weighted by atomic mass is 32.1. The number of benzene rings is 1. The predicted molar refractivity (Wildman–Crippen MR) is 86.6 cm³/mol. The second kappa shape index (κ2) is 6.69. The highest BCUT2D eigenvalue weighted by Crippen LogP contribution is 2.26. The molecule has 0 bridgehead atoms. The molecule has 1 aromatic carbocycles. The molecule has 2 aromatic rings. The van der Waals surface area contributed by atoms with Crippen LogP contribution in [0, 0.1) is 6.92 Å². The van der Waals surface area contributed by atoms with Crippen LogP contribution < -0.4 is 0 Å². The lowest BCUT2D eigenvalue weighted by atomic mass is 10.0. The molecular weight excluding hydrogens is 280 g/mol. The quantitative estimate of drug-likeness (QED) is 0.847. The van der Waals surface area contributed by atoms with Crippen LogP contribution >= 0.6 is 11.3 Å². The maximum atomic E-state index is 5.71. The van der Waals surface area contributed by atoms with Crippen molar-refractivity contribution in [1.82, 2.24) is 9.88 Å². The maximum Gasteiger partial charge on any atom is 0.0897 e. The summed E-state index contributed by atoms with van der Waals surface area (Å²) in [5.41, 5.74) is 2.57. The Morgan fingerprint density at radius 1 is 1.33 bits per heavy atom. The molecule has 3 nitrogen and oxygen atoms in total. The summed E-state index contributed by atoms with van der Waals surface area (Å²) in [7, 11) is 1.83. The minimum Gasteiger partial charge on any atom is -0.380 e. The van der Waals surface area contributed by atoms with Gasteiger partial charge in [0.1, 0.15) is 0 Å². The molecule has 2 atom stereocenters. The third-order valence-corrected chi connectivity index (χ3v) is 5.04.